The van der Waals surface area contributed by atoms with Crippen molar-refractivity contribution in [3.05, 3.63) is 0 Å². The maximum atomic E-state index is 5.62. The summed E-state index contributed by atoms with van der Waals surface area (Å²) in [4.78, 5) is 6.31. The van der Waals surface area contributed by atoms with Crippen molar-refractivity contribution >= 4 is 5.96 Å². The second-order valence-electron chi connectivity index (χ2n) is 4.61. The van der Waals surface area contributed by atoms with Gasteiger partial charge in [0.05, 0.1) is 13.2 Å². The van der Waals surface area contributed by atoms with E-state index in [1.807, 2.05) is 14.0 Å². The molecular weight excluding hydrogens is 230 g/mol. The number of hydrogen-bond acceptors (Lipinski definition) is 3. The van der Waals surface area contributed by atoms with Crippen LogP contribution in [0.15, 0.2) is 4.99 Å². The molecule has 0 saturated heterocycles. The minimum atomic E-state index is 0.710. The van der Waals surface area contributed by atoms with Gasteiger partial charge in [-0.2, -0.15) is 0 Å². The molecule has 0 spiro atoms. The van der Waals surface area contributed by atoms with Crippen molar-refractivity contribution in [1.82, 2.24) is 10.2 Å². The molecule has 1 aliphatic rings. The van der Waals surface area contributed by atoms with E-state index in [0.717, 1.165) is 44.8 Å². The zero-order valence-electron chi connectivity index (χ0n) is 11.9. The van der Waals surface area contributed by atoms with Crippen LogP contribution in [0.2, 0.25) is 0 Å². The van der Waals surface area contributed by atoms with E-state index in [1.54, 1.807) is 7.05 Å². The van der Waals surface area contributed by atoms with Gasteiger partial charge in [0.15, 0.2) is 5.96 Å². The van der Waals surface area contributed by atoms with E-state index in [0.29, 0.717) is 6.61 Å². The zero-order chi connectivity index (χ0) is 13.2. The lowest BCUT2D eigenvalue weighted by atomic mass is 10.5. The van der Waals surface area contributed by atoms with Gasteiger partial charge in [-0.3, -0.25) is 4.99 Å². The van der Waals surface area contributed by atoms with E-state index < -0.39 is 0 Å². The first-order chi connectivity index (χ1) is 8.77. The highest BCUT2D eigenvalue weighted by Crippen LogP contribution is 2.28. The summed E-state index contributed by atoms with van der Waals surface area (Å²) in [5.41, 5.74) is 0. The molecular formula is C13H27N3O2. The highest BCUT2D eigenvalue weighted by molar-refractivity contribution is 5.79. The average Bonchev–Trinajstić information content (AvgIpc) is 3.18. The van der Waals surface area contributed by atoms with Crippen LogP contribution in [0.25, 0.3) is 0 Å². The van der Waals surface area contributed by atoms with Crippen LogP contribution in [-0.2, 0) is 9.47 Å². The standard InChI is InChI=1S/C13H27N3O2/c1-4-17-9-7-15-13(14-2)16(3)8-10-18-11-12-5-6-12/h12H,4-11H2,1-3H3,(H,14,15). The highest BCUT2D eigenvalue weighted by atomic mass is 16.5. The summed E-state index contributed by atoms with van der Waals surface area (Å²) in [6.45, 7) is 6.79. The molecule has 0 heterocycles. The van der Waals surface area contributed by atoms with Crippen molar-refractivity contribution in [1.29, 1.82) is 0 Å². The first kappa shape index (κ1) is 15.2. The Bertz CT molecular complexity index is 242. The Balaban J connectivity index is 2.05. The quantitative estimate of drug-likeness (QED) is 0.380. The minimum Gasteiger partial charge on any atom is -0.380 e. The van der Waals surface area contributed by atoms with Crippen LogP contribution in [0.4, 0.5) is 0 Å². The Morgan fingerprint density at radius 1 is 1.33 bits per heavy atom. The Morgan fingerprint density at radius 2 is 2.11 bits per heavy atom. The third kappa shape index (κ3) is 6.81. The van der Waals surface area contributed by atoms with Crippen LogP contribution < -0.4 is 5.32 Å². The molecule has 106 valence electrons. The highest BCUT2D eigenvalue weighted by Gasteiger charge is 2.21. The van der Waals surface area contributed by atoms with Gasteiger partial charge in [-0.05, 0) is 25.7 Å². The number of nitrogens with zero attached hydrogens (tertiary/aromatic N) is 2. The van der Waals surface area contributed by atoms with Crippen molar-refractivity contribution in [2.75, 3.05) is 53.6 Å². The average molecular weight is 257 g/mol. The third-order valence-electron chi connectivity index (χ3n) is 2.93. The number of ether oxygens (including phenoxy) is 2. The van der Waals surface area contributed by atoms with E-state index in [4.69, 9.17) is 9.47 Å². The maximum absolute atomic E-state index is 5.62. The number of rotatable bonds is 9. The predicted octanol–water partition coefficient (Wildman–Crippen LogP) is 0.957. The van der Waals surface area contributed by atoms with Gasteiger partial charge >= 0.3 is 0 Å². The Labute approximate surface area is 111 Å². The Kier molecular flexibility index (Phi) is 7.76. The third-order valence-corrected chi connectivity index (χ3v) is 2.93. The van der Waals surface area contributed by atoms with Gasteiger partial charge in [-0.15, -0.1) is 0 Å². The predicted molar refractivity (Wildman–Crippen MR) is 74.0 cm³/mol. The van der Waals surface area contributed by atoms with Crippen molar-refractivity contribution in [2.24, 2.45) is 10.9 Å². The normalized spacial score (nSPS) is 15.8. The van der Waals surface area contributed by atoms with E-state index in [-0.39, 0.29) is 0 Å². The Morgan fingerprint density at radius 3 is 2.72 bits per heavy atom. The molecule has 0 aromatic carbocycles. The molecule has 1 N–H and O–H groups in total. The van der Waals surface area contributed by atoms with E-state index >= 15 is 0 Å². The molecule has 0 aliphatic heterocycles. The fourth-order valence-corrected chi connectivity index (χ4v) is 1.61. The largest absolute Gasteiger partial charge is 0.380 e. The van der Waals surface area contributed by atoms with Crippen LogP contribution in [0, 0.1) is 5.92 Å². The van der Waals surface area contributed by atoms with Crippen molar-refractivity contribution < 1.29 is 9.47 Å². The molecule has 18 heavy (non-hydrogen) atoms. The van der Waals surface area contributed by atoms with Crippen LogP contribution >= 0.6 is 0 Å². The molecule has 1 rings (SSSR count). The van der Waals surface area contributed by atoms with Crippen molar-refractivity contribution in [3.8, 4) is 0 Å². The molecule has 0 aromatic heterocycles. The second-order valence-corrected chi connectivity index (χ2v) is 4.61. The van der Waals surface area contributed by atoms with E-state index in [1.165, 1.54) is 12.8 Å². The summed E-state index contributed by atoms with van der Waals surface area (Å²) in [5.74, 6) is 1.73. The minimum absolute atomic E-state index is 0.710. The SMILES string of the molecule is CCOCCNC(=NC)N(C)CCOCC1CC1. The van der Waals surface area contributed by atoms with Crippen LogP contribution in [0.1, 0.15) is 19.8 Å². The topological polar surface area (TPSA) is 46.1 Å². The monoisotopic (exact) mass is 257 g/mol. The molecule has 5 nitrogen and oxygen atoms in total. The molecule has 1 fully saturated rings. The number of guanidine groups is 1. The number of aliphatic imine (C=N–C) groups is 1. The van der Waals surface area contributed by atoms with Gasteiger partial charge in [0.2, 0.25) is 0 Å². The van der Waals surface area contributed by atoms with Gasteiger partial charge in [0, 0.05) is 40.4 Å². The summed E-state index contributed by atoms with van der Waals surface area (Å²) in [6, 6.07) is 0. The first-order valence-corrected chi connectivity index (χ1v) is 6.85. The van der Waals surface area contributed by atoms with Gasteiger partial charge in [0.1, 0.15) is 0 Å². The van der Waals surface area contributed by atoms with E-state index in [9.17, 15) is 0 Å². The fourth-order valence-electron chi connectivity index (χ4n) is 1.61. The number of nitrogens with one attached hydrogen (secondary N) is 1. The van der Waals surface area contributed by atoms with Crippen LogP contribution in [0.5, 0.6) is 0 Å². The zero-order valence-corrected chi connectivity index (χ0v) is 11.9. The first-order valence-electron chi connectivity index (χ1n) is 6.85. The van der Waals surface area contributed by atoms with Crippen LogP contribution in [-0.4, -0.2) is 64.5 Å². The molecule has 0 unspecified atom stereocenters. The molecule has 0 atom stereocenters. The smallest absolute Gasteiger partial charge is 0.193 e. The summed E-state index contributed by atoms with van der Waals surface area (Å²) < 4.78 is 10.9. The summed E-state index contributed by atoms with van der Waals surface area (Å²) >= 11 is 0. The lowest BCUT2D eigenvalue weighted by molar-refractivity contribution is 0.114. The molecule has 5 heteroatoms. The molecule has 0 aromatic rings. The lowest BCUT2D eigenvalue weighted by Crippen LogP contribution is -2.41. The van der Waals surface area contributed by atoms with Gasteiger partial charge in [0.25, 0.3) is 0 Å². The van der Waals surface area contributed by atoms with Gasteiger partial charge in [-0.25, -0.2) is 0 Å². The van der Waals surface area contributed by atoms with Crippen LogP contribution in [0.3, 0.4) is 0 Å². The lowest BCUT2D eigenvalue weighted by Gasteiger charge is -2.21. The summed E-state index contributed by atoms with van der Waals surface area (Å²) in [5, 5.41) is 3.26. The maximum Gasteiger partial charge on any atom is 0.193 e. The Hall–Kier alpha value is -0.810. The molecule has 1 aliphatic carbocycles. The van der Waals surface area contributed by atoms with E-state index in [2.05, 4.69) is 15.2 Å². The van der Waals surface area contributed by atoms with Gasteiger partial charge < -0.3 is 19.7 Å². The summed E-state index contributed by atoms with van der Waals surface area (Å²) in [6.07, 6.45) is 2.69. The summed E-state index contributed by atoms with van der Waals surface area (Å²) in [7, 11) is 3.82. The number of likely N-dealkylation sites (N-methyl/N-ethyl adjacent to an activating group) is 1. The van der Waals surface area contributed by atoms with Gasteiger partial charge in [-0.1, -0.05) is 0 Å². The second kappa shape index (κ2) is 9.16. The molecule has 0 amide bonds. The fraction of sp³-hybridized carbons (Fsp3) is 0.923. The van der Waals surface area contributed by atoms with Crippen molar-refractivity contribution in [2.45, 2.75) is 19.8 Å². The van der Waals surface area contributed by atoms with Crippen molar-refractivity contribution in [3.63, 3.8) is 0 Å². The molecule has 0 radical (unpaired) electrons. The molecule has 1 saturated carbocycles. The molecule has 0 bridgehead atoms. The number of hydrogen-bond donors (Lipinski definition) is 1.